The predicted molar refractivity (Wildman–Crippen MR) is 102 cm³/mol. The van der Waals surface area contributed by atoms with Crippen LogP contribution in [0, 0.1) is 0 Å². The summed E-state index contributed by atoms with van der Waals surface area (Å²) in [6, 6.07) is 8.62. The summed E-state index contributed by atoms with van der Waals surface area (Å²) in [7, 11) is 1.67. The van der Waals surface area contributed by atoms with Gasteiger partial charge < -0.3 is 19.4 Å². The van der Waals surface area contributed by atoms with Crippen molar-refractivity contribution in [2.75, 3.05) is 31.6 Å². The Morgan fingerprint density at radius 3 is 3.19 bits per heavy atom. The van der Waals surface area contributed by atoms with Gasteiger partial charge in [0.1, 0.15) is 11.9 Å². The summed E-state index contributed by atoms with van der Waals surface area (Å²) in [4.78, 5) is 10.9. The summed E-state index contributed by atoms with van der Waals surface area (Å²) in [5.41, 5.74) is 2.25. The fraction of sp³-hybridized carbons (Fsp3) is 0.400. The maximum Gasteiger partial charge on any atom is 0.179 e. The lowest BCUT2D eigenvalue weighted by molar-refractivity contribution is 0.396. The molecule has 136 valence electrons. The van der Waals surface area contributed by atoms with Crippen LogP contribution in [0.15, 0.2) is 47.5 Å². The molecule has 1 aromatic carbocycles. The third kappa shape index (κ3) is 3.37. The summed E-state index contributed by atoms with van der Waals surface area (Å²) < 4.78 is 11.1. The topological polar surface area (TPSA) is 63.4 Å². The third-order valence-electron chi connectivity index (χ3n) is 5.05. The maximum absolute atomic E-state index is 5.66. The number of benzene rings is 1. The summed E-state index contributed by atoms with van der Waals surface area (Å²) in [6.45, 7) is 2.84. The van der Waals surface area contributed by atoms with E-state index in [9.17, 15) is 0 Å². The van der Waals surface area contributed by atoms with Crippen LogP contribution >= 0.6 is 0 Å². The van der Waals surface area contributed by atoms with Crippen LogP contribution in [0.5, 0.6) is 5.75 Å². The summed E-state index contributed by atoms with van der Waals surface area (Å²) in [6.07, 6.45) is 8.42. The fourth-order valence-corrected chi connectivity index (χ4v) is 3.72. The molecule has 3 heterocycles. The Bertz CT molecular complexity index is 864. The van der Waals surface area contributed by atoms with Crippen LogP contribution in [-0.4, -0.2) is 42.8 Å². The number of ether oxygens (including phenoxy) is 1. The monoisotopic (exact) mass is 352 g/mol. The van der Waals surface area contributed by atoms with Crippen molar-refractivity contribution in [3.8, 4) is 5.75 Å². The van der Waals surface area contributed by atoms with E-state index in [1.165, 1.54) is 10.9 Å². The van der Waals surface area contributed by atoms with Crippen LogP contribution < -0.4 is 15.0 Å². The molecule has 0 radical (unpaired) electrons. The number of rotatable bonds is 6. The second-order valence-electron chi connectivity index (χ2n) is 6.62. The number of piperazine rings is 1. The zero-order chi connectivity index (χ0) is 17.8. The highest BCUT2D eigenvalue weighted by Gasteiger charge is 2.25. The van der Waals surface area contributed by atoms with Crippen molar-refractivity contribution in [2.45, 2.75) is 25.3 Å². The number of anilines is 1. The van der Waals surface area contributed by atoms with Crippen molar-refractivity contribution in [3.05, 3.63) is 48.6 Å². The number of hydrogen-bond donors (Lipinski definition) is 1. The van der Waals surface area contributed by atoms with Gasteiger partial charge in [-0.3, -0.25) is 0 Å². The molecule has 1 aliphatic heterocycles. The third-order valence-corrected chi connectivity index (χ3v) is 5.05. The summed E-state index contributed by atoms with van der Waals surface area (Å²) in [5, 5.41) is 4.73. The largest absolute Gasteiger partial charge is 0.491 e. The number of para-hydroxylation sites is 1. The van der Waals surface area contributed by atoms with E-state index in [1.54, 1.807) is 19.6 Å². The highest BCUT2D eigenvalue weighted by molar-refractivity contribution is 5.80. The molecule has 2 aromatic heterocycles. The first-order valence-corrected chi connectivity index (χ1v) is 9.13. The minimum atomic E-state index is 0.394. The van der Waals surface area contributed by atoms with Gasteiger partial charge in [-0.05, 0) is 30.9 Å². The molecule has 6 heteroatoms. The Balaban J connectivity index is 1.44. The predicted octanol–water partition coefficient (Wildman–Crippen LogP) is 3.03. The molecule has 1 fully saturated rings. The minimum Gasteiger partial charge on any atom is -0.491 e. The number of nitrogens with one attached hydrogen (secondary N) is 1. The first kappa shape index (κ1) is 16.8. The Labute approximate surface area is 153 Å². The fourth-order valence-electron chi connectivity index (χ4n) is 3.72. The zero-order valence-electron chi connectivity index (χ0n) is 15.0. The van der Waals surface area contributed by atoms with Gasteiger partial charge in [0.05, 0.1) is 19.6 Å². The van der Waals surface area contributed by atoms with E-state index in [0.29, 0.717) is 6.04 Å². The first-order chi connectivity index (χ1) is 12.9. The smallest absolute Gasteiger partial charge is 0.179 e. The molecule has 0 bridgehead atoms. The number of nitrogens with zero attached hydrogens (tertiary/aromatic N) is 3. The van der Waals surface area contributed by atoms with E-state index in [0.717, 1.165) is 56.0 Å². The van der Waals surface area contributed by atoms with E-state index in [-0.39, 0.29) is 0 Å². The molecule has 6 nitrogen and oxygen atoms in total. The van der Waals surface area contributed by atoms with E-state index in [1.807, 2.05) is 18.4 Å². The van der Waals surface area contributed by atoms with Gasteiger partial charge in [0, 0.05) is 31.1 Å². The molecular weight excluding hydrogens is 328 g/mol. The molecule has 0 spiro atoms. The van der Waals surface area contributed by atoms with E-state index >= 15 is 0 Å². The van der Waals surface area contributed by atoms with Crippen LogP contribution in [0.2, 0.25) is 0 Å². The normalized spacial score (nSPS) is 17.6. The molecule has 1 atom stereocenters. The SMILES string of the molecule is COc1cncnc1N1CCNCC1CCCc1coc2ccccc12. The molecule has 26 heavy (non-hydrogen) atoms. The molecule has 1 unspecified atom stereocenters. The molecule has 4 rings (SSSR count). The average molecular weight is 352 g/mol. The quantitative estimate of drug-likeness (QED) is 0.736. The van der Waals surface area contributed by atoms with Gasteiger partial charge in [-0.2, -0.15) is 0 Å². The number of furan rings is 1. The van der Waals surface area contributed by atoms with Crippen molar-refractivity contribution < 1.29 is 9.15 Å². The van der Waals surface area contributed by atoms with Crippen LogP contribution in [-0.2, 0) is 6.42 Å². The zero-order valence-corrected chi connectivity index (χ0v) is 15.0. The van der Waals surface area contributed by atoms with E-state index in [2.05, 4.69) is 32.3 Å². The molecule has 0 amide bonds. The molecule has 0 saturated carbocycles. The lowest BCUT2D eigenvalue weighted by Gasteiger charge is -2.37. The van der Waals surface area contributed by atoms with Crippen molar-refractivity contribution in [3.63, 3.8) is 0 Å². The average Bonchev–Trinajstić information content (AvgIpc) is 3.12. The van der Waals surface area contributed by atoms with E-state index in [4.69, 9.17) is 9.15 Å². The lowest BCUT2D eigenvalue weighted by atomic mass is 10.0. The van der Waals surface area contributed by atoms with E-state index < -0.39 is 0 Å². The Kier molecular flexibility index (Phi) is 5.02. The van der Waals surface area contributed by atoms with Gasteiger partial charge in [-0.15, -0.1) is 0 Å². The number of hydrogen-bond acceptors (Lipinski definition) is 6. The van der Waals surface area contributed by atoms with Gasteiger partial charge in [0.25, 0.3) is 0 Å². The molecular formula is C20H24N4O2. The highest BCUT2D eigenvalue weighted by atomic mass is 16.5. The van der Waals surface area contributed by atoms with Gasteiger partial charge in [-0.25, -0.2) is 9.97 Å². The highest BCUT2D eigenvalue weighted by Crippen LogP contribution is 2.28. The Hall–Kier alpha value is -2.60. The van der Waals surface area contributed by atoms with Gasteiger partial charge >= 0.3 is 0 Å². The van der Waals surface area contributed by atoms with Crippen molar-refractivity contribution in [2.24, 2.45) is 0 Å². The van der Waals surface area contributed by atoms with Crippen molar-refractivity contribution >= 4 is 16.8 Å². The second-order valence-corrected chi connectivity index (χ2v) is 6.62. The van der Waals surface area contributed by atoms with Crippen LogP contribution in [0.3, 0.4) is 0 Å². The Morgan fingerprint density at radius 1 is 1.35 bits per heavy atom. The van der Waals surface area contributed by atoms with Crippen LogP contribution in [0.1, 0.15) is 18.4 Å². The van der Waals surface area contributed by atoms with Crippen molar-refractivity contribution in [1.29, 1.82) is 0 Å². The standard InChI is InChI=1S/C20H24N4O2/c1-25-19-12-22-14-23-20(19)24-10-9-21-11-16(24)6-4-5-15-13-26-18-8-3-2-7-17(15)18/h2-3,7-8,12-14,16,21H,4-6,9-11H2,1H3. The molecule has 1 aliphatic rings. The maximum atomic E-state index is 5.66. The molecule has 0 aliphatic carbocycles. The number of methoxy groups -OCH3 is 1. The van der Waals surface area contributed by atoms with Gasteiger partial charge in [0.15, 0.2) is 11.6 Å². The molecule has 1 N–H and O–H groups in total. The Morgan fingerprint density at radius 2 is 2.27 bits per heavy atom. The first-order valence-electron chi connectivity index (χ1n) is 9.13. The number of aromatic nitrogens is 2. The summed E-state index contributed by atoms with van der Waals surface area (Å²) in [5.74, 6) is 1.63. The van der Waals surface area contributed by atoms with Crippen LogP contribution in [0.25, 0.3) is 11.0 Å². The number of aryl methyl sites for hydroxylation is 1. The molecule has 3 aromatic rings. The van der Waals surface area contributed by atoms with Crippen LogP contribution in [0.4, 0.5) is 5.82 Å². The number of fused-ring (bicyclic) bond motifs is 1. The second kappa shape index (κ2) is 7.74. The lowest BCUT2D eigenvalue weighted by Crippen LogP contribution is -2.51. The van der Waals surface area contributed by atoms with Gasteiger partial charge in [-0.1, -0.05) is 18.2 Å². The summed E-state index contributed by atoms with van der Waals surface area (Å²) >= 11 is 0. The minimum absolute atomic E-state index is 0.394. The van der Waals surface area contributed by atoms with Crippen molar-refractivity contribution in [1.82, 2.24) is 15.3 Å². The van der Waals surface area contributed by atoms with Gasteiger partial charge in [0.2, 0.25) is 0 Å². The molecule has 1 saturated heterocycles.